The van der Waals surface area contributed by atoms with E-state index in [1.54, 1.807) is 38.4 Å². The minimum atomic E-state index is -0.443. The molecule has 0 atom stereocenters. The fraction of sp³-hybridized carbons (Fsp3) is 0.111. The van der Waals surface area contributed by atoms with Crippen LogP contribution >= 0.6 is 0 Å². The molecule has 0 bridgehead atoms. The number of fused-ring (bicyclic) bond motifs is 1. The molecule has 1 N–H and O–H groups in total. The molecule has 0 aliphatic heterocycles. The molecule has 4 rings (SSSR count). The van der Waals surface area contributed by atoms with Crippen molar-refractivity contribution in [2.75, 3.05) is 5.32 Å². The highest BCUT2D eigenvalue weighted by atomic mass is 16.3. The van der Waals surface area contributed by atoms with Crippen molar-refractivity contribution in [3.8, 4) is 11.3 Å². The summed E-state index contributed by atoms with van der Waals surface area (Å²) in [4.78, 5) is 33.1. The van der Waals surface area contributed by atoms with Crippen LogP contribution in [0.2, 0.25) is 0 Å². The number of rotatable bonds is 3. The predicted molar refractivity (Wildman–Crippen MR) is 93.9 cm³/mol. The summed E-state index contributed by atoms with van der Waals surface area (Å²) in [7, 11) is 1.57. The average molecular weight is 350 g/mol. The van der Waals surface area contributed by atoms with Gasteiger partial charge in [-0.15, -0.1) is 0 Å². The van der Waals surface area contributed by atoms with E-state index in [-0.39, 0.29) is 22.2 Å². The average Bonchev–Trinajstić information content (AvgIpc) is 3.26. The molecular formula is C18H14N4O4. The summed E-state index contributed by atoms with van der Waals surface area (Å²) in [6.45, 7) is 1.63. The van der Waals surface area contributed by atoms with E-state index in [2.05, 4.69) is 15.3 Å². The van der Waals surface area contributed by atoms with E-state index < -0.39 is 5.91 Å². The molecule has 4 aromatic rings. The topological polar surface area (TPSA) is 103 Å². The first kappa shape index (κ1) is 15.8. The zero-order chi connectivity index (χ0) is 18.3. The standard InChI is InChI=1S/C18H14N4O4/c1-10-14(15-17(26-10)20-8-22(2)18(15)24)16(23)21-12-5-3-4-11(6-12)13-7-19-9-25-13/h3-9H,1-2H3,(H,21,23). The number of nitrogens with one attached hydrogen (secondary N) is 1. The van der Waals surface area contributed by atoms with Crippen LogP contribution < -0.4 is 10.9 Å². The van der Waals surface area contributed by atoms with Crippen molar-refractivity contribution in [3.63, 3.8) is 0 Å². The maximum absolute atomic E-state index is 12.8. The van der Waals surface area contributed by atoms with Crippen LogP contribution in [0, 0.1) is 6.92 Å². The number of aromatic nitrogens is 3. The van der Waals surface area contributed by atoms with Gasteiger partial charge >= 0.3 is 0 Å². The van der Waals surface area contributed by atoms with Crippen LogP contribution in [0.3, 0.4) is 0 Å². The lowest BCUT2D eigenvalue weighted by molar-refractivity contribution is 0.102. The number of benzene rings is 1. The summed E-state index contributed by atoms with van der Waals surface area (Å²) in [5.41, 5.74) is 1.31. The highest BCUT2D eigenvalue weighted by molar-refractivity contribution is 6.12. The van der Waals surface area contributed by atoms with Crippen molar-refractivity contribution in [1.82, 2.24) is 14.5 Å². The summed E-state index contributed by atoms with van der Waals surface area (Å²) >= 11 is 0. The number of hydrogen-bond donors (Lipinski definition) is 1. The van der Waals surface area contributed by atoms with E-state index in [1.165, 1.54) is 17.3 Å². The molecule has 8 nitrogen and oxygen atoms in total. The number of amides is 1. The van der Waals surface area contributed by atoms with Gasteiger partial charge in [0.25, 0.3) is 11.5 Å². The molecule has 8 heteroatoms. The van der Waals surface area contributed by atoms with E-state index in [4.69, 9.17) is 8.83 Å². The molecule has 3 heterocycles. The van der Waals surface area contributed by atoms with E-state index in [9.17, 15) is 9.59 Å². The van der Waals surface area contributed by atoms with E-state index in [0.717, 1.165) is 5.56 Å². The zero-order valence-corrected chi connectivity index (χ0v) is 14.0. The van der Waals surface area contributed by atoms with E-state index in [0.29, 0.717) is 17.2 Å². The lowest BCUT2D eigenvalue weighted by Gasteiger charge is -2.06. The van der Waals surface area contributed by atoms with E-state index >= 15 is 0 Å². The summed E-state index contributed by atoms with van der Waals surface area (Å²) in [6.07, 6.45) is 4.28. The van der Waals surface area contributed by atoms with Gasteiger partial charge in [0.05, 0.1) is 11.8 Å². The van der Waals surface area contributed by atoms with Crippen molar-refractivity contribution in [1.29, 1.82) is 0 Å². The van der Waals surface area contributed by atoms with Gasteiger partial charge in [0.1, 0.15) is 17.5 Å². The summed E-state index contributed by atoms with van der Waals surface area (Å²) in [5.74, 6) is 0.477. The van der Waals surface area contributed by atoms with Crippen molar-refractivity contribution >= 4 is 22.7 Å². The number of nitrogens with zero attached hydrogens (tertiary/aromatic N) is 3. The summed E-state index contributed by atoms with van der Waals surface area (Å²) in [5, 5.41) is 2.95. The molecular weight excluding hydrogens is 336 g/mol. The minimum absolute atomic E-state index is 0.145. The lowest BCUT2D eigenvalue weighted by Crippen LogP contribution is -2.20. The Morgan fingerprint density at radius 3 is 2.92 bits per heavy atom. The number of hydrogen-bond acceptors (Lipinski definition) is 6. The quantitative estimate of drug-likeness (QED) is 0.609. The first-order valence-corrected chi connectivity index (χ1v) is 7.79. The molecule has 26 heavy (non-hydrogen) atoms. The van der Waals surface area contributed by atoms with Crippen LogP contribution in [-0.2, 0) is 7.05 Å². The highest BCUT2D eigenvalue weighted by Gasteiger charge is 2.22. The second-order valence-electron chi connectivity index (χ2n) is 5.77. The zero-order valence-electron chi connectivity index (χ0n) is 14.0. The number of carbonyl (C=O) groups is 1. The van der Waals surface area contributed by atoms with Gasteiger partial charge < -0.3 is 18.7 Å². The third-order valence-corrected chi connectivity index (χ3v) is 4.01. The second kappa shape index (κ2) is 5.99. The highest BCUT2D eigenvalue weighted by Crippen LogP contribution is 2.25. The molecule has 0 aliphatic carbocycles. The van der Waals surface area contributed by atoms with Crippen LogP contribution in [0.4, 0.5) is 5.69 Å². The van der Waals surface area contributed by atoms with Gasteiger partial charge in [-0.1, -0.05) is 12.1 Å². The first-order chi connectivity index (χ1) is 12.5. The number of oxazole rings is 1. The maximum atomic E-state index is 12.8. The molecule has 0 saturated carbocycles. The monoisotopic (exact) mass is 350 g/mol. The Kier molecular flexibility index (Phi) is 3.65. The van der Waals surface area contributed by atoms with Crippen molar-refractivity contribution in [2.45, 2.75) is 6.92 Å². The number of furan rings is 1. The third-order valence-electron chi connectivity index (χ3n) is 4.01. The van der Waals surface area contributed by atoms with Crippen LogP contribution in [-0.4, -0.2) is 20.4 Å². The van der Waals surface area contributed by atoms with Gasteiger partial charge in [0.15, 0.2) is 12.2 Å². The first-order valence-electron chi connectivity index (χ1n) is 7.79. The molecule has 0 aliphatic rings. The Morgan fingerprint density at radius 2 is 2.15 bits per heavy atom. The van der Waals surface area contributed by atoms with Crippen LogP contribution in [0.25, 0.3) is 22.4 Å². The summed E-state index contributed by atoms with van der Waals surface area (Å²) < 4.78 is 12.0. The molecule has 0 unspecified atom stereocenters. The lowest BCUT2D eigenvalue weighted by atomic mass is 10.1. The van der Waals surface area contributed by atoms with Crippen LogP contribution in [0.15, 0.2) is 56.8 Å². The van der Waals surface area contributed by atoms with Gasteiger partial charge in [0, 0.05) is 18.3 Å². The smallest absolute Gasteiger partial charge is 0.265 e. The Hall–Kier alpha value is -3.68. The predicted octanol–water partition coefficient (Wildman–Crippen LogP) is 2.74. The Labute approximate surface area is 147 Å². The molecule has 0 fully saturated rings. The molecule has 1 amide bonds. The van der Waals surface area contributed by atoms with Crippen molar-refractivity contribution < 1.29 is 13.6 Å². The van der Waals surface area contributed by atoms with Gasteiger partial charge in [-0.3, -0.25) is 9.59 Å². The van der Waals surface area contributed by atoms with Crippen molar-refractivity contribution in [3.05, 3.63) is 64.9 Å². The fourth-order valence-corrected chi connectivity index (χ4v) is 2.76. The van der Waals surface area contributed by atoms with Gasteiger partial charge in [0.2, 0.25) is 5.71 Å². The summed E-state index contributed by atoms with van der Waals surface area (Å²) in [6, 6.07) is 7.13. The van der Waals surface area contributed by atoms with Gasteiger partial charge in [-0.25, -0.2) is 9.97 Å². The SMILES string of the molecule is Cc1oc2ncn(C)c(=O)c2c1C(=O)Nc1cccc(-c2cnco2)c1. The Bertz CT molecular complexity index is 1170. The van der Waals surface area contributed by atoms with Gasteiger partial charge in [-0.2, -0.15) is 0 Å². The number of aryl methyl sites for hydroxylation is 2. The number of carbonyl (C=O) groups excluding carboxylic acids is 1. The van der Waals surface area contributed by atoms with Gasteiger partial charge in [-0.05, 0) is 19.1 Å². The molecule has 0 spiro atoms. The number of anilines is 1. The molecule has 130 valence electrons. The molecule has 3 aromatic heterocycles. The van der Waals surface area contributed by atoms with Crippen LogP contribution in [0.1, 0.15) is 16.1 Å². The Morgan fingerprint density at radius 1 is 1.31 bits per heavy atom. The van der Waals surface area contributed by atoms with Crippen LogP contribution in [0.5, 0.6) is 0 Å². The molecule has 0 saturated heterocycles. The maximum Gasteiger partial charge on any atom is 0.265 e. The van der Waals surface area contributed by atoms with E-state index in [1.807, 2.05) is 6.07 Å². The molecule has 1 aromatic carbocycles. The minimum Gasteiger partial charge on any atom is -0.444 e. The normalized spacial score (nSPS) is 11.0. The fourth-order valence-electron chi connectivity index (χ4n) is 2.76. The molecule has 0 radical (unpaired) electrons. The Balaban J connectivity index is 1.73. The van der Waals surface area contributed by atoms with Crippen molar-refractivity contribution in [2.24, 2.45) is 7.05 Å². The largest absolute Gasteiger partial charge is 0.444 e. The second-order valence-corrected chi connectivity index (χ2v) is 5.77. The third kappa shape index (κ3) is 2.57.